The maximum absolute atomic E-state index is 12.0. The van der Waals surface area contributed by atoms with Gasteiger partial charge >= 0.3 is 11.7 Å². The Bertz CT molecular complexity index is 329. The van der Waals surface area contributed by atoms with Gasteiger partial charge in [0.1, 0.15) is 0 Å². The number of carbonyl (C=O) groups is 1. The van der Waals surface area contributed by atoms with E-state index in [1.54, 1.807) is 0 Å². The minimum Gasteiger partial charge on any atom is -0.481 e. The Morgan fingerprint density at radius 3 is 2.43 bits per heavy atom. The topological polar surface area (TPSA) is 74.7 Å². The number of carboxylic acids is 1. The minimum absolute atomic E-state index is 0.0846. The molecule has 0 aromatic heterocycles. The molecular weight excluding hydrogens is 220 g/mol. The first-order valence-electron chi connectivity index (χ1n) is 3.85. The third-order valence-electron chi connectivity index (χ3n) is 2.09. The first kappa shape index (κ1) is 11.3. The maximum Gasteiger partial charge on any atom is 0.350 e. The third-order valence-corrected chi connectivity index (χ3v) is 3.59. The molecule has 1 N–H and O–H groups in total. The Morgan fingerprint density at radius 2 is 2.07 bits per heavy atom. The third kappa shape index (κ3) is 2.01. The van der Waals surface area contributed by atoms with Crippen molar-refractivity contribution in [2.75, 3.05) is 13.1 Å². The molecule has 1 aliphatic heterocycles. The lowest BCUT2D eigenvalue weighted by molar-refractivity contribution is -0.141. The maximum atomic E-state index is 12.0. The van der Waals surface area contributed by atoms with Crippen LogP contribution in [-0.2, 0) is 14.8 Å². The molecule has 1 heterocycles. The second kappa shape index (κ2) is 3.77. The summed E-state index contributed by atoms with van der Waals surface area (Å²) < 4.78 is 46.3. The standard InChI is InChI=1S/C6H9F2NO4S/c7-6(8)14(12,13)9-2-1-4(3-9)5(10)11/h4,6H,1-3H2,(H,10,11). The zero-order valence-electron chi connectivity index (χ0n) is 7.06. The molecule has 0 spiro atoms. The number of nitrogens with zero attached hydrogens (tertiary/aromatic N) is 1. The van der Waals surface area contributed by atoms with Crippen LogP contribution in [0.4, 0.5) is 8.78 Å². The van der Waals surface area contributed by atoms with E-state index < -0.39 is 27.7 Å². The van der Waals surface area contributed by atoms with Crippen molar-refractivity contribution in [3.05, 3.63) is 0 Å². The van der Waals surface area contributed by atoms with E-state index >= 15 is 0 Å². The largest absolute Gasteiger partial charge is 0.481 e. The molecular formula is C6H9F2NO4S. The molecule has 1 aliphatic rings. The van der Waals surface area contributed by atoms with E-state index in [2.05, 4.69) is 0 Å². The lowest BCUT2D eigenvalue weighted by Crippen LogP contribution is -2.34. The van der Waals surface area contributed by atoms with Crippen molar-refractivity contribution in [1.29, 1.82) is 0 Å². The second-order valence-electron chi connectivity index (χ2n) is 2.99. The van der Waals surface area contributed by atoms with E-state index in [9.17, 15) is 22.0 Å². The van der Waals surface area contributed by atoms with Gasteiger partial charge < -0.3 is 5.11 Å². The number of sulfonamides is 1. The Hall–Kier alpha value is -0.760. The van der Waals surface area contributed by atoms with E-state index in [4.69, 9.17) is 5.11 Å². The van der Waals surface area contributed by atoms with E-state index in [0.717, 1.165) is 0 Å². The SMILES string of the molecule is O=C(O)C1CCN(S(=O)(=O)C(F)F)C1. The number of alkyl halides is 2. The molecule has 1 unspecified atom stereocenters. The van der Waals surface area contributed by atoms with Crippen LogP contribution < -0.4 is 0 Å². The van der Waals surface area contributed by atoms with Crippen LogP contribution in [0.3, 0.4) is 0 Å². The highest BCUT2D eigenvalue weighted by Gasteiger charge is 2.39. The summed E-state index contributed by atoms with van der Waals surface area (Å²) in [5.41, 5.74) is 0. The molecule has 0 saturated carbocycles. The highest BCUT2D eigenvalue weighted by Crippen LogP contribution is 2.22. The van der Waals surface area contributed by atoms with Crippen LogP contribution in [0.25, 0.3) is 0 Å². The zero-order chi connectivity index (χ0) is 10.9. The summed E-state index contributed by atoms with van der Waals surface area (Å²) in [6.45, 7) is -0.508. The monoisotopic (exact) mass is 229 g/mol. The number of aliphatic carboxylic acids is 1. The van der Waals surface area contributed by atoms with Crippen molar-refractivity contribution in [2.24, 2.45) is 5.92 Å². The van der Waals surface area contributed by atoms with Crippen LogP contribution in [0.5, 0.6) is 0 Å². The normalized spacial score (nSPS) is 24.4. The average molecular weight is 229 g/mol. The molecule has 82 valence electrons. The number of hydrogen-bond donors (Lipinski definition) is 1. The van der Waals surface area contributed by atoms with E-state index in [-0.39, 0.29) is 19.5 Å². The summed E-state index contributed by atoms with van der Waals surface area (Å²) in [6.07, 6.45) is 0.0846. The molecule has 0 aliphatic carbocycles. The first-order valence-corrected chi connectivity index (χ1v) is 5.36. The second-order valence-corrected chi connectivity index (χ2v) is 4.89. The Morgan fingerprint density at radius 1 is 1.50 bits per heavy atom. The van der Waals surface area contributed by atoms with Crippen molar-refractivity contribution in [3.63, 3.8) is 0 Å². The summed E-state index contributed by atoms with van der Waals surface area (Å²) in [7, 11) is -4.61. The molecule has 0 aromatic rings. The summed E-state index contributed by atoms with van der Waals surface area (Å²) in [6, 6.07) is 0. The average Bonchev–Trinajstić information content (AvgIpc) is 2.51. The summed E-state index contributed by atoms with van der Waals surface area (Å²) in [5, 5.41) is 8.53. The van der Waals surface area contributed by atoms with Gasteiger partial charge in [0.25, 0.3) is 10.0 Å². The Kier molecular flexibility index (Phi) is 3.05. The van der Waals surface area contributed by atoms with Gasteiger partial charge in [0.05, 0.1) is 5.92 Å². The van der Waals surface area contributed by atoms with Crippen molar-refractivity contribution >= 4 is 16.0 Å². The molecule has 8 heteroatoms. The Labute approximate surface area is 79.4 Å². The van der Waals surface area contributed by atoms with Gasteiger partial charge in [-0.25, -0.2) is 8.42 Å². The van der Waals surface area contributed by atoms with Gasteiger partial charge in [-0.1, -0.05) is 0 Å². The van der Waals surface area contributed by atoms with Gasteiger partial charge in [0.15, 0.2) is 0 Å². The molecule has 0 amide bonds. The van der Waals surface area contributed by atoms with Crippen LogP contribution in [-0.4, -0.2) is 42.6 Å². The van der Waals surface area contributed by atoms with E-state index in [1.807, 2.05) is 0 Å². The fourth-order valence-electron chi connectivity index (χ4n) is 1.27. The molecule has 1 rings (SSSR count). The summed E-state index contributed by atoms with van der Waals surface area (Å²) >= 11 is 0. The summed E-state index contributed by atoms with van der Waals surface area (Å²) in [5.74, 6) is -5.50. The van der Waals surface area contributed by atoms with Crippen molar-refractivity contribution < 1.29 is 27.1 Å². The highest BCUT2D eigenvalue weighted by molar-refractivity contribution is 7.89. The van der Waals surface area contributed by atoms with Crippen LogP contribution in [0.1, 0.15) is 6.42 Å². The minimum atomic E-state index is -4.61. The van der Waals surface area contributed by atoms with Gasteiger partial charge in [-0.05, 0) is 6.42 Å². The van der Waals surface area contributed by atoms with Gasteiger partial charge in [0, 0.05) is 13.1 Å². The van der Waals surface area contributed by atoms with Crippen LogP contribution in [0, 0.1) is 5.92 Å². The lowest BCUT2D eigenvalue weighted by Gasteiger charge is -2.14. The number of carboxylic acid groups (broad SMARTS) is 1. The summed E-state index contributed by atoms with van der Waals surface area (Å²) in [4.78, 5) is 10.4. The predicted molar refractivity (Wildman–Crippen MR) is 42.2 cm³/mol. The van der Waals surface area contributed by atoms with Crippen LogP contribution >= 0.6 is 0 Å². The molecule has 14 heavy (non-hydrogen) atoms. The van der Waals surface area contributed by atoms with Gasteiger partial charge in [-0.3, -0.25) is 4.79 Å². The highest BCUT2D eigenvalue weighted by atomic mass is 32.2. The smallest absolute Gasteiger partial charge is 0.350 e. The van der Waals surface area contributed by atoms with Crippen molar-refractivity contribution in [1.82, 2.24) is 4.31 Å². The number of halogens is 2. The van der Waals surface area contributed by atoms with E-state index in [1.165, 1.54) is 0 Å². The van der Waals surface area contributed by atoms with Gasteiger partial charge in [-0.2, -0.15) is 13.1 Å². The number of hydrogen-bond acceptors (Lipinski definition) is 3. The van der Waals surface area contributed by atoms with E-state index in [0.29, 0.717) is 4.31 Å². The molecule has 0 aromatic carbocycles. The van der Waals surface area contributed by atoms with Gasteiger partial charge in [0.2, 0.25) is 0 Å². The Balaban J connectivity index is 2.72. The molecule has 1 atom stereocenters. The molecule has 1 fully saturated rings. The first-order chi connectivity index (χ1) is 6.35. The zero-order valence-corrected chi connectivity index (χ0v) is 7.88. The molecule has 1 saturated heterocycles. The van der Waals surface area contributed by atoms with Crippen molar-refractivity contribution in [3.8, 4) is 0 Å². The predicted octanol–water partition coefficient (Wildman–Crippen LogP) is -0.0547. The van der Waals surface area contributed by atoms with Crippen LogP contribution in [0.2, 0.25) is 0 Å². The van der Waals surface area contributed by atoms with Crippen molar-refractivity contribution in [2.45, 2.75) is 12.2 Å². The number of rotatable bonds is 3. The quantitative estimate of drug-likeness (QED) is 0.736. The van der Waals surface area contributed by atoms with Gasteiger partial charge in [-0.15, -0.1) is 0 Å². The lowest BCUT2D eigenvalue weighted by atomic mass is 10.1. The fourth-order valence-corrected chi connectivity index (χ4v) is 2.25. The molecule has 0 radical (unpaired) electrons. The fraction of sp³-hybridized carbons (Fsp3) is 0.833. The van der Waals surface area contributed by atoms with Crippen LogP contribution in [0.15, 0.2) is 0 Å². The molecule has 0 bridgehead atoms. The molecule has 5 nitrogen and oxygen atoms in total.